The monoisotopic (exact) mass is 1100 g/mol. The van der Waals surface area contributed by atoms with E-state index in [0.717, 1.165) is 16.7 Å². The number of hydrogen-bond donors (Lipinski definition) is 1. The van der Waals surface area contributed by atoms with E-state index in [-0.39, 0.29) is 18.9 Å². The Morgan fingerprint density at radius 3 is 1.67 bits per heavy atom. The Hall–Kier alpha value is 0.200. The molecule has 0 fully saturated rings. The van der Waals surface area contributed by atoms with E-state index < -0.39 is 0 Å². The van der Waals surface area contributed by atoms with E-state index in [4.69, 9.17) is 22.1 Å². The Balaban J connectivity index is 0.000000480. The molecule has 11 nitrogen and oxygen atoms in total. The van der Waals surface area contributed by atoms with Crippen molar-refractivity contribution >= 4 is 98.1 Å². The minimum absolute atomic E-state index is 0.0233. The molecule has 0 unspecified atom stereocenters. The van der Waals surface area contributed by atoms with Gasteiger partial charge in [-0.05, 0) is 24.0 Å². The minimum Gasteiger partial charge on any atom is -0.505 e. The molecule has 3 rings (SSSR count). The number of thiocarbonyl (C=S) groups is 1. The molecule has 0 spiro atoms. The second kappa shape index (κ2) is 23.1. The van der Waals surface area contributed by atoms with Crippen molar-refractivity contribution in [2.75, 3.05) is 28.2 Å². The van der Waals surface area contributed by atoms with Gasteiger partial charge in [-0.2, -0.15) is 0 Å². The van der Waals surface area contributed by atoms with Crippen LogP contribution < -0.4 is 18.0 Å². The van der Waals surface area contributed by atoms with Crippen LogP contribution in [0.15, 0.2) is 61.1 Å². The average Bonchev–Trinajstić information content (AvgIpc) is 2.87. The summed E-state index contributed by atoms with van der Waals surface area (Å²) in [6.07, 6.45) is 13.2. The van der Waals surface area contributed by atoms with E-state index in [1.807, 2.05) is 14.1 Å². The van der Waals surface area contributed by atoms with Gasteiger partial charge in [-0.15, -0.1) is 0 Å². The molecule has 3 heterocycles. The van der Waals surface area contributed by atoms with Crippen LogP contribution in [0.3, 0.4) is 0 Å². The number of carbonyl (C=O) groups is 1. The van der Waals surface area contributed by atoms with Crippen LogP contribution in [0.5, 0.6) is 11.5 Å². The fourth-order valence-corrected chi connectivity index (χ4v) is 2.06. The van der Waals surface area contributed by atoms with Gasteiger partial charge in [0.25, 0.3) is 10.4 Å². The van der Waals surface area contributed by atoms with E-state index in [1.165, 1.54) is 36.3 Å². The number of aromatic hydroxyl groups is 1. The summed E-state index contributed by atoms with van der Waals surface area (Å²) in [5.74, 6) is 0.652. The molecule has 0 radical (unpaired) electrons. The molecule has 0 saturated carbocycles. The number of rotatable bonds is 3. The molecule has 0 aliphatic heterocycles. The van der Waals surface area contributed by atoms with E-state index in [9.17, 15) is 4.79 Å². The van der Waals surface area contributed by atoms with Crippen molar-refractivity contribution in [3.63, 3.8) is 0 Å². The maximum atomic E-state index is 11.1. The third kappa shape index (κ3) is 21.2. The maximum absolute atomic E-state index is 11.1. The predicted octanol–water partition coefficient (Wildman–Crippen LogP) is 2.68. The van der Waals surface area contributed by atoms with Crippen LogP contribution in [0.4, 0.5) is 4.79 Å². The summed E-state index contributed by atoms with van der Waals surface area (Å²) in [4.78, 5) is 37.3. The van der Waals surface area contributed by atoms with E-state index >= 15 is 0 Å². The summed E-state index contributed by atoms with van der Waals surface area (Å²) in [5, 5.41) is 8.88. The molecular formula is C18H22I5N8O3S2-. The molecule has 3 aromatic heterocycles. The summed E-state index contributed by atoms with van der Waals surface area (Å²) in [6, 6.07) is 0. The second-order valence-electron chi connectivity index (χ2n) is 5.99. The van der Waals surface area contributed by atoms with Crippen molar-refractivity contribution in [3.8, 4) is 11.5 Å². The third-order valence-electron chi connectivity index (χ3n) is 2.80. The summed E-state index contributed by atoms with van der Waals surface area (Å²) in [6.45, 7) is 0. The molecule has 1 amide bonds. The van der Waals surface area contributed by atoms with Crippen molar-refractivity contribution in [1.82, 2.24) is 39.7 Å². The van der Waals surface area contributed by atoms with Crippen molar-refractivity contribution in [1.29, 1.82) is 0 Å². The SMILES string of the molecule is CN(C)C(=O)Sc1cncnc1.CN(C)C(=S)Oc1cncnc1.I[I-]I(I)I.Oc1cncnc1. The molecule has 0 aliphatic carbocycles. The number of halogens is 5. The fraction of sp³-hybridized carbons (Fsp3) is 0.222. The molecule has 3 aromatic rings. The Morgan fingerprint density at radius 1 is 0.917 bits per heavy atom. The third-order valence-corrected chi connectivity index (χ3v) is 86.8. The Morgan fingerprint density at radius 2 is 1.33 bits per heavy atom. The first-order valence-corrected chi connectivity index (χ1v) is 35.5. The second-order valence-corrected chi connectivity index (χ2v) is 72.3. The first kappa shape index (κ1) is 36.2. The quantitative estimate of drug-likeness (QED) is 0.236. The van der Waals surface area contributed by atoms with Gasteiger partial charge in [0.15, 0.2) is 11.5 Å². The Bertz CT molecular complexity index is 927. The number of amides is 1. The predicted molar refractivity (Wildman–Crippen MR) is 176 cm³/mol. The standard InChI is InChI=1S/2C7H9N3OS.C4H4N2O.I5/c1-10(2)7(11)12-6-3-8-5-9-4-6;1-10(2)7(12)11-6-3-8-5-9-4-6;7-4-1-5-3-6-2-4;1-4-5(2)3/h2*3-5H,1-2H3;1-3,7H;/q;;;-1. The number of nitrogens with zero attached hydrogens (tertiary/aromatic N) is 8. The number of carbonyl (C=O) groups excluding carboxylic acids is 1. The van der Waals surface area contributed by atoms with Gasteiger partial charge in [0.05, 0.1) is 29.7 Å². The summed E-state index contributed by atoms with van der Waals surface area (Å²) >= 11 is 14.4. The van der Waals surface area contributed by atoms with Crippen LogP contribution in [0.2, 0.25) is 0 Å². The van der Waals surface area contributed by atoms with E-state index in [0.29, 0.717) is 24.2 Å². The van der Waals surface area contributed by atoms with Crippen molar-refractivity contribution in [3.05, 3.63) is 56.2 Å². The van der Waals surface area contributed by atoms with Crippen LogP contribution in [-0.2, 0) is 0 Å². The van der Waals surface area contributed by atoms with E-state index in [2.05, 4.69) is 85.8 Å². The molecule has 0 atom stereocenters. The van der Waals surface area contributed by atoms with Gasteiger partial charge in [0, 0.05) is 40.6 Å². The van der Waals surface area contributed by atoms with Gasteiger partial charge in [-0.1, -0.05) is 0 Å². The largest absolute Gasteiger partial charge is 0.505 e. The van der Waals surface area contributed by atoms with Gasteiger partial charge >= 0.3 is 77.0 Å². The summed E-state index contributed by atoms with van der Waals surface area (Å²) in [5.41, 5.74) is 0. The summed E-state index contributed by atoms with van der Waals surface area (Å²) in [7, 11) is 6.79. The van der Waals surface area contributed by atoms with Gasteiger partial charge in [0.2, 0.25) is 0 Å². The van der Waals surface area contributed by atoms with Gasteiger partial charge in [-0.3, -0.25) is 4.79 Å². The Kier molecular flexibility index (Phi) is 23.2. The maximum Gasteiger partial charge on any atom is 0.152 e. The molecule has 0 bridgehead atoms. The van der Waals surface area contributed by atoms with Gasteiger partial charge in [0.1, 0.15) is 19.0 Å². The van der Waals surface area contributed by atoms with Crippen LogP contribution in [0.1, 0.15) is 0 Å². The van der Waals surface area contributed by atoms with Crippen molar-refractivity contribution in [2.24, 2.45) is 0 Å². The zero-order valence-electron chi connectivity index (χ0n) is 19.2. The van der Waals surface area contributed by atoms with Crippen LogP contribution >= 0.6 is 87.7 Å². The van der Waals surface area contributed by atoms with E-state index in [1.54, 1.807) is 43.8 Å². The normalized spacial score (nSPS) is 9.58. The zero-order valence-corrected chi connectivity index (χ0v) is 31.7. The minimum atomic E-state index is -0.245. The number of ether oxygens (including phenoxy) is 1. The van der Waals surface area contributed by atoms with Crippen LogP contribution in [-0.4, -0.2) is 83.4 Å². The topological polar surface area (TPSA) is 130 Å². The molecule has 0 aromatic carbocycles. The van der Waals surface area contributed by atoms with Crippen LogP contribution in [0.25, 0.3) is 0 Å². The smallest absolute Gasteiger partial charge is 0.152 e. The fourth-order valence-electron chi connectivity index (χ4n) is 1.35. The summed E-state index contributed by atoms with van der Waals surface area (Å²) < 4.78 is 5.21. The van der Waals surface area contributed by atoms with Crippen LogP contribution in [0, 0.1) is 0 Å². The van der Waals surface area contributed by atoms with Gasteiger partial charge in [-0.25, -0.2) is 29.9 Å². The van der Waals surface area contributed by atoms with Crippen molar-refractivity contribution in [2.45, 2.75) is 4.90 Å². The first-order valence-electron chi connectivity index (χ1n) is 9.09. The Labute approximate surface area is 262 Å². The molecule has 0 aliphatic rings. The number of thioether (sulfide) groups is 1. The molecule has 36 heavy (non-hydrogen) atoms. The molecule has 18 heteroatoms. The molecule has 1 N–H and O–H groups in total. The first-order chi connectivity index (χ1) is 17.1. The molecule has 0 saturated heterocycles. The number of hydrogen-bond acceptors (Lipinski definition) is 11. The average molecular weight is 1100 g/mol. The zero-order chi connectivity index (χ0) is 27.3. The molecular weight excluding hydrogens is 1070 g/mol. The molecule has 200 valence electrons. The number of aromatic nitrogens is 6. The van der Waals surface area contributed by atoms with Crippen molar-refractivity contribution < 1.29 is 27.9 Å². The van der Waals surface area contributed by atoms with Gasteiger partial charge < -0.3 is 19.6 Å².